The highest BCUT2D eigenvalue weighted by atomic mass is 32.2. The van der Waals surface area contributed by atoms with Crippen molar-refractivity contribution in [2.75, 3.05) is 14.2 Å². The molecule has 0 aliphatic rings. The highest BCUT2D eigenvalue weighted by molar-refractivity contribution is 8.14. The average molecular weight is 366 g/mol. The lowest BCUT2D eigenvalue weighted by atomic mass is 9.78. The van der Waals surface area contributed by atoms with Crippen molar-refractivity contribution >= 4 is 28.8 Å². The minimum absolute atomic E-state index is 0.0841. The van der Waals surface area contributed by atoms with Crippen molar-refractivity contribution in [2.24, 2.45) is 11.8 Å². The number of methoxy groups -OCH3 is 2. The van der Waals surface area contributed by atoms with Crippen molar-refractivity contribution in [3.63, 3.8) is 0 Å². The molecule has 1 rings (SSSR count). The van der Waals surface area contributed by atoms with Crippen molar-refractivity contribution in [3.05, 3.63) is 35.9 Å². The van der Waals surface area contributed by atoms with Crippen LogP contribution < -0.4 is 0 Å². The molecule has 0 amide bonds. The van der Waals surface area contributed by atoms with E-state index >= 15 is 0 Å². The lowest BCUT2D eigenvalue weighted by molar-refractivity contribution is -0.160. The lowest BCUT2D eigenvalue weighted by Crippen LogP contribution is -2.37. The van der Waals surface area contributed by atoms with Gasteiger partial charge in [-0.15, -0.1) is 0 Å². The second-order valence-corrected chi connectivity index (χ2v) is 8.61. The quantitative estimate of drug-likeness (QED) is 0.567. The molecular formula is C19H26O5S. The standard InChI is InChI=1S/C19H26O5S/c1-12(18(22)25-19(2,3)4)14(13-10-8-7-9-11-13)15(16(20)23-5)17(21)24-6/h7-12,14-15H,1-6H3/t12-,14+/m0/s1. The van der Waals surface area contributed by atoms with E-state index in [4.69, 9.17) is 9.47 Å². The van der Waals surface area contributed by atoms with Gasteiger partial charge in [0.15, 0.2) is 11.0 Å². The molecule has 6 heteroatoms. The largest absolute Gasteiger partial charge is 0.468 e. The maximum atomic E-state index is 12.8. The Bertz CT molecular complexity index is 590. The van der Waals surface area contributed by atoms with Crippen LogP contribution in [0.2, 0.25) is 0 Å². The van der Waals surface area contributed by atoms with Gasteiger partial charge < -0.3 is 9.47 Å². The Morgan fingerprint density at radius 3 is 1.84 bits per heavy atom. The minimum atomic E-state index is -1.20. The highest BCUT2D eigenvalue weighted by Gasteiger charge is 2.43. The number of hydrogen-bond donors (Lipinski definition) is 0. The molecule has 0 saturated carbocycles. The number of ether oxygens (including phenoxy) is 2. The maximum Gasteiger partial charge on any atom is 0.320 e. The van der Waals surface area contributed by atoms with Crippen LogP contribution in [-0.2, 0) is 23.9 Å². The summed E-state index contributed by atoms with van der Waals surface area (Å²) in [6, 6.07) is 9.05. The van der Waals surface area contributed by atoms with Crippen LogP contribution >= 0.6 is 11.8 Å². The predicted octanol–water partition coefficient (Wildman–Crippen LogP) is 3.43. The van der Waals surface area contributed by atoms with Gasteiger partial charge in [0.05, 0.1) is 14.2 Å². The van der Waals surface area contributed by atoms with Crippen molar-refractivity contribution < 1.29 is 23.9 Å². The molecule has 0 heterocycles. The fourth-order valence-corrected chi connectivity index (χ4v) is 3.57. The molecule has 1 aromatic rings. The van der Waals surface area contributed by atoms with E-state index < -0.39 is 29.7 Å². The summed E-state index contributed by atoms with van der Waals surface area (Å²) in [7, 11) is 2.44. The van der Waals surface area contributed by atoms with E-state index in [1.807, 2.05) is 39.0 Å². The number of esters is 2. The molecule has 0 fully saturated rings. The van der Waals surface area contributed by atoms with Crippen LogP contribution in [0.1, 0.15) is 39.2 Å². The first-order chi connectivity index (χ1) is 11.6. The summed E-state index contributed by atoms with van der Waals surface area (Å²) in [5.74, 6) is -3.85. The fraction of sp³-hybridized carbons (Fsp3) is 0.526. The predicted molar refractivity (Wildman–Crippen MR) is 98.2 cm³/mol. The first-order valence-corrected chi connectivity index (χ1v) is 8.87. The summed E-state index contributed by atoms with van der Waals surface area (Å²) in [4.78, 5) is 37.4. The SMILES string of the molecule is COC(=O)C(C(=O)OC)[C@@H](c1ccccc1)[C@H](C)C(=O)SC(C)(C)C. The molecule has 25 heavy (non-hydrogen) atoms. The molecule has 2 atom stereocenters. The zero-order chi connectivity index (χ0) is 19.2. The zero-order valence-electron chi connectivity index (χ0n) is 15.6. The summed E-state index contributed by atoms with van der Waals surface area (Å²) in [6.07, 6.45) is 0. The van der Waals surface area contributed by atoms with E-state index in [9.17, 15) is 14.4 Å². The van der Waals surface area contributed by atoms with Gasteiger partial charge in [-0.25, -0.2) is 0 Å². The van der Waals surface area contributed by atoms with Crippen LogP contribution in [0.4, 0.5) is 0 Å². The van der Waals surface area contributed by atoms with Gasteiger partial charge in [0, 0.05) is 16.6 Å². The van der Waals surface area contributed by atoms with Crippen LogP contribution in [0.15, 0.2) is 30.3 Å². The first-order valence-electron chi connectivity index (χ1n) is 8.05. The van der Waals surface area contributed by atoms with Crippen LogP contribution in [0.5, 0.6) is 0 Å². The average Bonchev–Trinajstić information content (AvgIpc) is 2.57. The molecule has 1 aromatic carbocycles. The summed E-state index contributed by atoms with van der Waals surface area (Å²) < 4.78 is 9.36. The molecule has 0 aliphatic carbocycles. The molecule has 0 bridgehead atoms. The number of rotatable bonds is 6. The molecule has 0 saturated heterocycles. The summed E-state index contributed by atoms with van der Waals surface area (Å²) in [6.45, 7) is 7.56. The van der Waals surface area contributed by atoms with Crippen LogP contribution in [0.3, 0.4) is 0 Å². The number of thioether (sulfide) groups is 1. The Morgan fingerprint density at radius 2 is 1.44 bits per heavy atom. The van der Waals surface area contributed by atoms with Crippen LogP contribution in [0, 0.1) is 11.8 Å². The lowest BCUT2D eigenvalue weighted by Gasteiger charge is -2.29. The van der Waals surface area contributed by atoms with E-state index in [2.05, 4.69) is 0 Å². The Morgan fingerprint density at radius 1 is 0.960 bits per heavy atom. The molecule has 0 spiro atoms. The summed E-state index contributed by atoms with van der Waals surface area (Å²) >= 11 is 1.20. The molecule has 5 nitrogen and oxygen atoms in total. The number of hydrogen-bond acceptors (Lipinski definition) is 6. The Kier molecular flexibility index (Phi) is 7.67. The fourth-order valence-electron chi connectivity index (χ4n) is 2.63. The van der Waals surface area contributed by atoms with Crippen molar-refractivity contribution in [2.45, 2.75) is 38.4 Å². The molecule has 0 aromatic heterocycles. The van der Waals surface area contributed by atoms with Gasteiger partial charge >= 0.3 is 11.9 Å². The first kappa shape index (κ1) is 21.2. The van der Waals surface area contributed by atoms with Gasteiger partial charge in [-0.05, 0) is 5.56 Å². The number of carbonyl (C=O) groups excluding carboxylic acids is 3. The van der Waals surface area contributed by atoms with E-state index in [-0.39, 0.29) is 9.86 Å². The zero-order valence-corrected chi connectivity index (χ0v) is 16.4. The normalized spacial score (nSPS) is 13.9. The van der Waals surface area contributed by atoms with Crippen molar-refractivity contribution in [1.82, 2.24) is 0 Å². The van der Waals surface area contributed by atoms with Gasteiger partial charge in [0.25, 0.3) is 0 Å². The molecule has 0 radical (unpaired) electrons. The third kappa shape index (κ3) is 5.88. The topological polar surface area (TPSA) is 69.7 Å². The second kappa shape index (κ2) is 9.04. The highest BCUT2D eigenvalue weighted by Crippen LogP contribution is 2.38. The summed E-state index contributed by atoms with van der Waals surface area (Å²) in [5.41, 5.74) is 0.721. The Hall–Kier alpha value is -1.82. The van der Waals surface area contributed by atoms with Crippen molar-refractivity contribution in [3.8, 4) is 0 Å². The van der Waals surface area contributed by atoms with Gasteiger partial charge in [-0.3, -0.25) is 14.4 Å². The molecular weight excluding hydrogens is 340 g/mol. The van der Waals surface area contributed by atoms with Crippen LogP contribution in [0.25, 0.3) is 0 Å². The third-order valence-corrected chi connectivity index (χ3v) is 4.96. The molecule has 138 valence electrons. The van der Waals surface area contributed by atoms with Gasteiger partial charge in [0.2, 0.25) is 0 Å². The Balaban J connectivity index is 3.35. The maximum absolute atomic E-state index is 12.8. The molecule has 0 unspecified atom stereocenters. The van der Waals surface area contributed by atoms with Gasteiger partial charge in [-0.2, -0.15) is 0 Å². The minimum Gasteiger partial charge on any atom is -0.468 e. The third-order valence-electron chi connectivity index (χ3n) is 3.77. The molecule has 0 aliphatic heterocycles. The van der Waals surface area contributed by atoms with Crippen molar-refractivity contribution in [1.29, 1.82) is 0 Å². The second-order valence-electron chi connectivity index (χ2n) is 6.78. The van der Waals surface area contributed by atoms with Gasteiger partial charge in [-0.1, -0.05) is 69.8 Å². The molecule has 0 N–H and O–H groups in total. The summed E-state index contributed by atoms with van der Waals surface area (Å²) in [5, 5.41) is -0.0841. The number of carbonyl (C=O) groups is 3. The van der Waals surface area contributed by atoms with Gasteiger partial charge in [0.1, 0.15) is 0 Å². The van der Waals surface area contributed by atoms with Crippen LogP contribution in [-0.4, -0.2) is 36.0 Å². The van der Waals surface area contributed by atoms with E-state index in [0.717, 1.165) is 5.56 Å². The Labute approximate surface area is 153 Å². The monoisotopic (exact) mass is 366 g/mol. The van der Waals surface area contributed by atoms with E-state index in [1.54, 1.807) is 19.1 Å². The smallest absolute Gasteiger partial charge is 0.320 e. The van der Waals surface area contributed by atoms with E-state index in [0.29, 0.717) is 0 Å². The van der Waals surface area contributed by atoms with E-state index in [1.165, 1.54) is 26.0 Å². The number of benzene rings is 1.